The summed E-state index contributed by atoms with van der Waals surface area (Å²) >= 11 is 0. The summed E-state index contributed by atoms with van der Waals surface area (Å²) in [4.78, 5) is 0. The molecule has 1 unspecified atom stereocenters. The Bertz CT molecular complexity index is 179. The van der Waals surface area contributed by atoms with Crippen molar-refractivity contribution < 1.29 is 4.74 Å². The Morgan fingerprint density at radius 1 is 1.50 bits per heavy atom. The fourth-order valence-corrected chi connectivity index (χ4v) is 1.37. The molecule has 0 spiro atoms. The average molecular weight is 166 g/mol. The first kappa shape index (κ1) is 9.37. The quantitative estimate of drug-likeness (QED) is 0.621. The van der Waals surface area contributed by atoms with E-state index in [2.05, 4.69) is 32.1 Å². The normalized spacial score (nSPS) is 18.7. The highest BCUT2D eigenvalue weighted by molar-refractivity contribution is 5.16. The van der Waals surface area contributed by atoms with Crippen molar-refractivity contribution in [3.05, 3.63) is 24.0 Å². The maximum Gasteiger partial charge on any atom is 0.115 e. The van der Waals surface area contributed by atoms with Crippen molar-refractivity contribution in [1.82, 2.24) is 0 Å². The molecule has 1 rings (SSSR count). The van der Waals surface area contributed by atoms with Gasteiger partial charge in [0, 0.05) is 0 Å². The van der Waals surface area contributed by atoms with E-state index < -0.39 is 0 Å². The number of rotatable bonds is 4. The summed E-state index contributed by atoms with van der Waals surface area (Å²) < 4.78 is 5.71. The predicted octanol–water partition coefficient (Wildman–Crippen LogP) is 3.43. The smallest absolute Gasteiger partial charge is 0.115 e. The number of allylic oxidation sites excluding steroid dienone is 3. The highest BCUT2D eigenvalue weighted by Crippen LogP contribution is 2.14. The van der Waals surface area contributed by atoms with Crippen molar-refractivity contribution >= 4 is 0 Å². The SMILES string of the molecule is CCCC(C)OC1=CCCC=C1. The van der Waals surface area contributed by atoms with E-state index in [4.69, 9.17) is 4.74 Å². The second-order valence-corrected chi connectivity index (χ2v) is 3.30. The van der Waals surface area contributed by atoms with Crippen LogP contribution in [0.5, 0.6) is 0 Å². The zero-order valence-corrected chi connectivity index (χ0v) is 8.05. The highest BCUT2D eigenvalue weighted by atomic mass is 16.5. The van der Waals surface area contributed by atoms with Gasteiger partial charge in [-0.3, -0.25) is 0 Å². The van der Waals surface area contributed by atoms with Gasteiger partial charge in [-0.2, -0.15) is 0 Å². The first-order valence-corrected chi connectivity index (χ1v) is 4.86. The molecular formula is C11H18O. The second kappa shape index (κ2) is 5.02. The summed E-state index contributed by atoms with van der Waals surface area (Å²) in [7, 11) is 0. The molecule has 1 aliphatic carbocycles. The lowest BCUT2D eigenvalue weighted by molar-refractivity contribution is 0.131. The van der Waals surface area contributed by atoms with E-state index in [1.807, 2.05) is 0 Å². The molecule has 0 radical (unpaired) electrons. The average Bonchev–Trinajstić information content (AvgIpc) is 2.06. The van der Waals surface area contributed by atoms with Crippen LogP contribution in [-0.2, 0) is 4.74 Å². The molecule has 0 heterocycles. The molecule has 0 amide bonds. The molecule has 0 aromatic carbocycles. The molecule has 0 saturated carbocycles. The van der Waals surface area contributed by atoms with Crippen molar-refractivity contribution in [2.24, 2.45) is 0 Å². The third-order valence-electron chi connectivity index (χ3n) is 1.99. The summed E-state index contributed by atoms with van der Waals surface area (Å²) in [6.45, 7) is 4.32. The Morgan fingerprint density at radius 3 is 2.92 bits per heavy atom. The lowest BCUT2D eigenvalue weighted by Crippen LogP contribution is -2.07. The van der Waals surface area contributed by atoms with Crippen LogP contribution < -0.4 is 0 Å². The van der Waals surface area contributed by atoms with Gasteiger partial charge in [-0.15, -0.1) is 0 Å². The van der Waals surface area contributed by atoms with Gasteiger partial charge in [-0.25, -0.2) is 0 Å². The van der Waals surface area contributed by atoms with E-state index in [-0.39, 0.29) is 0 Å². The van der Waals surface area contributed by atoms with Crippen LogP contribution in [0.3, 0.4) is 0 Å². The Balaban J connectivity index is 2.29. The van der Waals surface area contributed by atoms with Crippen molar-refractivity contribution in [1.29, 1.82) is 0 Å². The molecule has 0 aromatic rings. The zero-order chi connectivity index (χ0) is 8.81. The molecule has 0 aromatic heterocycles. The van der Waals surface area contributed by atoms with E-state index >= 15 is 0 Å². The summed E-state index contributed by atoms with van der Waals surface area (Å²) in [5.41, 5.74) is 0. The van der Waals surface area contributed by atoms with Crippen LogP contribution in [0.25, 0.3) is 0 Å². The Hall–Kier alpha value is -0.720. The summed E-state index contributed by atoms with van der Waals surface area (Å²) in [6.07, 6.45) is 11.4. The summed E-state index contributed by atoms with van der Waals surface area (Å²) in [5, 5.41) is 0. The van der Waals surface area contributed by atoms with Gasteiger partial charge in [0.1, 0.15) is 5.76 Å². The zero-order valence-electron chi connectivity index (χ0n) is 8.05. The lowest BCUT2D eigenvalue weighted by Gasteiger charge is -2.15. The third-order valence-corrected chi connectivity index (χ3v) is 1.99. The first-order valence-electron chi connectivity index (χ1n) is 4.86. The third kappa shape index (κ3) is 3.12. The maximum absolute atomic E-state index is 5.71. The van der Waals surface area contributed by atoms with Crippen LogP contribution in [0, 0.1) is 0 Å². The summed E-state index contributed by atoms with van der Waals surface area (Å²) in [6, 6.07) is 0. The van der Waals surface area contributed by atoms with Crippen LogP contribution >= 0.6 is 0 Å². The minimum absolute atomic E-state index is 0.365. The van der Waals surface area contributed by atoms with Crippen LogP contribution in [0.2, 0.25) is 0 Å². The Labute approximate surface area is 75.1 Å². The molecule has 0 N–H and O–H groups in total. The minimum Gasteiger partial charge on any atom is -0.491 e. The molecule has 0 saturated heterocycles. The van der Waals surface area contributed by atoms with Gasteiger partial charge in [0.15, 0.2) is 0 Å². The molecule has 1 atom stereocenters. The monoisotopic (exact) mass is 166 g/mol. The maximum atomic E-state index is 5.71. The molecule has 0 aliphatic heterocycles. The lowest BCUT2D eigenvalue weighted by atomic mass is 10.1. The number of hydrogen-bond acceptors (Lipinski definition) is 1. The topological polar surface area (TPSA) is 9.23 Å². The Morgan fingerprint density at radius 2 is 2.33 bits per heavy atom. The number of ether oxygens (including phenoxy) is 1. The second-order valence-electron chi connectivity index (χ2n) is 3.30. The van der Waals surface area contributed by atoms with Gasteiger partial charge in [-0.1, -0.05) is 19.4 Å². The van der Waals surface area contributed by atoms with Gasteiger partial charge < -0.3 is 4.74 Å². The standard InChI is InChI=1S/C11H18O/c1-3-7-10(2)12-11-8-5-4-6-9-11/h5,8-10H,3-4,6-7H2,1-2H3. The van der Waals surface area contributed by atoms with Gasteiger partial charge in [-0.05, 0) is 38.3 Å². The van der Waals surface area contributed by atoms with Gasteiger partial charge >= 0.3 is 0 Å². The van der Waals surface area contributed by atoms with Crippen molar-refractivity contribution in [3.63, 3.8) is 0 Å². The van der Waals surface area contributed by atoms with E-state index in [0.717, 1.165) is 25.0 Å². The molecule has 1 aliphatic rings. The highest BCUT2D eigenvalue weighted by Gasteiger charge is 2.03. The Kier molecular flexibility index (Phi) is 3.92. The molecule has 1 nitrogen and oxygen atoms in total. The van der Waals surface area contributed by atoms with Gasteiger partial charge in [0.25, 0.3) is 0 Å². The first-order chi connectivity index (χ1) is 5.83. The fraction of sp³-hybridized carbons (Fsp3) is 0.636. The van der Waals surface area contributed by atoms with E-state index in [1.165, 1.54) is 6.42 Å². The van der Waals surface area contributed by atoms with Crippen molar-refractivity contribution in [3.8, 4) is 0 Å². The van der Waals surface area contributed by atoms with Gasteiger partial charge in [0.2, 0.25) is 0 Å². The summed E-state index contributed by atoms with van der Waals surface area (Å²) in [5.74, 6) is 1.06. The van der Waals surface area contributed by atoms with Crippen LogP contribution in [0.1, 0.15) is 39.5 Å². The molecule has 0 fully saturated rings. The predicted molar refractivity (Wildman–Crippen MR) is 51.9 cm³/mol. The van der Waals surface area contributed by atoms with Crippen molar-refractivity contribution in [2.75, 3.05) is 0 Å². The molecule has 1 heteroatoms. The van der Waals surface area contributed by atoms with E-state index in [9.17, 15) is 0 Å². The molecule has 68 valence electrons. The fourth-order valence-electron chi connectivity index (χ4n) is 1.37. The molecule has 0 bridgehead atoms. The molecule has 12 heavy (non-hydrogen) atoms. The number of hydrogen-bond donors (Lipinski definition) is 0. The van der Waals surface area contributed by atoms with Crippen LogP contribution in [0.15, 0.2) is 24.0 Å². The molecular weight excluding hydrogens is 148 g/mol. The largest absolute Gasteiger partial charge is 0.491 e. The van der Waals surface area contributed by atoms with Crippen LogP contribution in [-0.4, -0.2) is 6.10 Å². The van der Waals surface area contributed by atoms with Crippen molar-refractivity contribution in [2.45, 2.75) is 45.6 Å². The minimum atomic E-state index is 0.365. The van der Waals surface area contributed by atoms with E-state index in [1.54, 1.807) is 0 Å². The van der Waals surface area contributed by atoms with Gasteiger partial charge in [0.05, 0.1) is 6.10 Å². The van der Waals surface area contributed by atoms with E-state index in [0.29, 0.717) is 6.10 Å². The van der Waals surface area contributed by atoms with Crippen LogP contribution in [0.4, 0.5) is 0 Å².